The van der Waals surface area contributed by atoms with E-state index >= 15 is 0 Å². The van der Waals surface area contributed by atoms with Crippen molar-refractivity contribution < 1.29 is 23.5 Å². The average molecular weight is 408 g/mol. The molecule has 0 bridgehead atoms. The fraction of sp³-hybridized carbons (Fsp3) is 0.286. The smallest absolute Gasteiger partial charge is 0.322 e. The van der Waals surface area contributed by atoms with Gasteiger partial charge in [-0.25, -0.2) is 4.79 Å². The Hall–Kier alpha value is -3.75. The number of hydrogen-bond acceptors (Lipinski definition) is 7. The van der Waals surface area contributed by atoms with Crippen LogP contribution < -0.4 is 19.5 Å². The van der Waals surface area contributed by atoms with Crippen molar-refractivity contribution in [3.05, 3.63) is 48.4 Å². The van der Waals surface area contributed by atoms with Gasteiger partial charge in [-0.05, 0) is 49.2 Å². The molecule has 1 aromatic heterocycles. The van der Waals surface area contributed by atoms with E-state index in [1.165, 1.54) is 0 Å². The van der Waals surface area contributed by atoms with E-state index < -0.39 is 0 Å². The first-order valence-corrected chi connectivity index (χ1v) is 9.66. The third-order valence-corrected chi connectivity index (χ3v) is 5.21. The number of urea groups is 1. The van der Waals surface area contributed by atoms with Gasteiger partial charge in [0, 0.05) is 23.9 Å². The van der Waals surface area contributed by atoms with Gasteiger partial charge in [-0.2, -0.15) is 4.98 Å². The fourth-order valence-corrected chi connectivity index (χ4v) is 3.66. The minimum Gasteiger partial charge on any atom is -0.497 e. The molecule has 1 N–H and O–H groups in total. The second kappa shape index (κ2) is 7.58. The summed E-state index contributed by atoms with van der Waals surface area (Å²) in [4.78, 5) is 19.1. The molecule has 3 heterocycles. The molecule has 5 rings (SSSR count). The molecule has 2 aliphatic rings. The molecule has 3 aromatic rings. The molecule has 1 fully saturated rings. The Kier molecular flexibility index (Phi) is 4.62. The Balaban J connectivity index is 1.31. The van der Waals surface area contributed by atoms with Gasteiger partial charge in [0.25, 0.3) is 0 Å². The molecule has 1 atom stereocenters. The first-order chi connectivity index (χ1) is 14.7. The van der Waals surface area contributed by atoms with Crippen LogP contribution in [0.5, 0.6) is 17.2 Å². The van der Waals surface area contributed by atoms with Gasteiger partial charge in [0.1, 0.15) is 11.8 Å². The number of anilines is 1. The van der Waals surface area contributed by atoms with Crippen molar-refractivity contribution in [2.45, 2.75) is 18.9 Å². The first-order valence-electron chi connectivity index (χ1n) is 9.66. The Morgan fingerprint density at radius 3 is 2.83 bits per heavy atom. The highest BCUT2D eigenvalue weighted by Crippen LogP contribution is 2.36. The Morgan fingerprint density at radius 2 is 2.00 bits per heavy atom. The van der Waals surface area contributed by atoms with Crippen LogP contribution in [0, 0.1) is 0 Å². The number of fused-ring (bicyclic) bond motifs is 1. The Bertz CT molecular complexity index is 1070. The van der Waals surface area contributed by atoms with Crippen molar-refractivity contribution in [1.82, 2.24) is 15.0 Å². The molecule has 0 unspecified atom stereocenters. The summed E-state index contributed by atoms with van der Waals surface area (Å²) in [7, 11) is 1.62. The first kappa shape index (κ1) is 18.3. The van der Waals surface area contributed by atoms with E-state index in [-0.39, 0.29) is 18.9 Å². The summed E-state index contributed by atoms with van der Waals surface area (Å²) in [6, 6.07) is 12.2. The summed E-state index contributed by atoms with van der Waals surface area (Å²) in [5, 5.41) is 7.00. The van der Waals surface area contributed by atoms with Crippen molar-refractivity contribution >= 4 is 11.7 Å². The van der Waals surface area contributed by atoms with E-state index in [1.54, 1.807) is 30.2 Å². The summed E-state index contributed by atoms with van der Waals surface area (Å²) in [5.74, 6) is 2.95. The predicted octanol–water partition coefficient (Wildman–Crippen LogP) is 3.84. The van der Waals surface area contributed by atoms with E-state index in [9.17, 15) is 4.79 Å². The molecule has 2 aromatic carbocycles. The zero-order valence-electron chi connectivity index (χ0n) is 16.3. The van der Waals surface area contributed by atoms with Gasteiger partial charge in [-0.3, -0.25) is 0 Å². The quantitative estimate of drug-likeness (QED) is 0.700. The highest BCUT2D eigenvalue weighted by molar-refractivity contribution is 5.90. The van der Waals surface area contributed by atoms with E-state index in [2.05, 4.69) is 15.5 Å². The largest absolute Gasteiger partial charge is 0.497 e. The van der Waals surface area contributed by atoms with E-state index in [0.717, 1.165) is 24.2 Å². The number of nitrogens with zero attached hydrogens (tertiary/aromatic N) is 3. The maximum atomic E-state index is 12.9. The number of carbonyl (C=O) groups is 1. The molecule has 2 aliphatic heterocycles. The van der Waals surface area contributed by atoms with Gasteiger partial charge in [-0.15, -0.1) is 0 Å². The maximum Gasteiger partial charge on any atom is 0.322 e. The number of amides is 2. The van der Waals surface area contributed by atoms with Crippen LogP contribution in [0.1, 0.15) is 24.8 Å². The predicted molar refractivity (Wildman–Crippen MR) is 107 cm³/mol. The molecule has 0 radical (unpaired) electrons. The van der Waals surface area contributed by atoms with Gasteiger partial charge in [0.05, 0.1) is 7.11 Å². The van der Waals surface area contributed by atoms with Crippen LogP contribution in [0.15, 0.2) is 47.0 Å². The summed E-state index contributed by atoms with van der Waals surface area (Å²) in [6.45, 7) is 0.802. The van der Waals surface area contributed by atoms with Crippen molar-refractivity contribution in [2.75, 3.05) is 25.8 Å². The molecular weight excluding hydrogens is 388 g/mol. The van der Waals surface area contributed by atoms with Crippen molar-refractivity contribution in [1.29, 1.82) is 0 Å². The van der Waals surface area contributed by atoms with E-state index in [4.69, 9.17) is 18.7 Å². The molecule has 154 valence electrons. The minimum atomic E-state index is -0.265. The lowest BCUT2D eigenvalue weighted by Crippen LogP contribution is -2.34. The highest BCUT2D eigenvalue weighted by atomic mass is 16.7. The second-order valence-electron chi connectivity index (χ2n) is 7.03. The molecule has 0 saturated carbocycles. The van der Waals surface area contributed by atoms with E-state index in [1.807, 2.05) is 24.3 Å². The van der Waals surface area contributed by atoms with Gasteiger partial charge in [0.2, 0.25) is 18.5 Å². The van der Waals surface area contributed by atoms with Crippen LogP contribution in [0.4, 0.5) is 10.5 Å². The number of ether oxygens (including phenoxy) is 3. The standard InChI is InChI=1S/C21H20N4O5/c1-27-15-7-4-13(5-8-15)19-23-20(30-24-19)16-3-2-10-25(16)21(26)22-14-6-9-17-18(11-14)29-12-28-17/h4-9,11,16H,2-3,10,12H2,1H3,(H,22,26)/t16-/m0/s1. The van der Waals surface area contributed by atoms with Gasteiger partial charge in [-0.1, -0.05) is 5.16 Å². The third kappa shape index (κ3) is 3.38. The summed E-state index contributed by atoms with van der Waals surface area (Å²) < 4.78 is 21.3. The normalized spacial score (nSPS) is 17.2. The average Bonchev–Trinajstić information content (AvgIpc) is 3.53. The molecule has 9 heteroatoms. The number of likely N-dealkylation sites (tertiary alicyclic amines) is 1. The lowest BCUT2D eigenvalue weighted by Gasteiger charge is -2.22. The van der Waals surface area contributed by atoms with E-state index in [0.29, 0.717) is 35.4 Å². The van der Waals surface area contributed by atoms with Crippen LogP contribution in [-0.4, -0.2) is 41.5 Å². The zero-order chi connectivity index (χ0) is 20.5. The lowest BCUT2D eigenvalue weighted by atomic mass is 10.2. The zero-order valence-corrected chi connectivity index (χ0v) is 16.3. The molecular formula is C21H20N4O5. The Labute approximate surface area is 172 Å². The van der Waals surface area contributed by atoms with Gasteiger partial charge < -0.3 is 29.0 Å². The molecule has 0 aliphatic carbocycles. The molecule has 30 heavy (non-hydrogen) atoms. The SMILES string of the molecule is COc1ccc(-c2noc([C@@H]3CCCN3C(=O)Nc3ccc4c(c3)OCO4)n2)cc1. The topological polar surface area (TPSA) is 99.0 Å². The maximum absolute atomic E-state index is 12.9. The molecule has 0 spiro atoms. The third-order valence-electron chi connectivity index (χ3n) is 5.21. The summed E-state index contributed by atoms with van der Waals surface area (Å²) in [5.41, 5.74) is 1.46. The monoisotopic (exact) mass is 408 g/mol. The minimum absolute atomic E-state index is 0.189. The van der Waals surface area contributed by atoms with Gasteiger partial charge >= 0.3 is 6.03 Å². The number of nitrogens with one attached hydrogen (secondary N) is 1. The Morgan fingerprint density at radius 1 is 1.17 bits per heavy atom. The van der Waals surface area contributed by atoms with Crippen LogP contribution in [0.25, 0.3) is 11.4 Å². The number of aromatic nitrogens is 2. The molecule has 1 saturated heterocycles. The number of carbonyl (C=O) groups excluding carboxylic acids is 1. The number of rotatable bonds is 4. The second-order valence-corrected chi connectivity index (χ2v) is 7.03. The number of benzene rings is 2. The summed E-state index contributed by atoms with van der Waals surface area (Å²) in [6.07, 6.45) is 1.62. The van der Waals surface area contributed by atoms with Crippen molar-refractivity contribution in [3.63, 3.8) is 0 Å². The van der Waals surface area contributed by atoms with Crippen LogP contribution in [-0.2, 0) is 0 Å². The van der Waals surface area contributed by atoms with Crippen LogP contribution in [0.2, 0.25) is 0 Å². The molecule has 9 nitrogen and oxygen atoms in total. The lowest BCUT2D eigenvalue weighted by molar-refractivity contribution is 0.174. The van der Waals surface area contributed by atoms with Crippen molar-refractivity contribution in [3.8, 4) is 28.6 Å². The van der Waals surface area contributed by atoms with Gasteiger partial charge in [0.15, 0.2) is 11.5 Å². The van der Waals surface area contributed by atoms with Crippen LogP contribution in [0.3, 0.4) is 0 Å². The number of methoxy groups -OCH3 is 1. The summed E-state index contributed by atoms with van der Waals surface area (Å²) >= 11 is 0. The highest BCUT2D eigenvalue weighted by Gasteiger charge is 2.34. The van der Waals surface area contributed by atoms with Crippen LogP contribution >= 0.6 is 0 Å². The number of hydrogen-bond donors (Lipinski definition) is 1. The van der Waals surface area contributed by atoms with Crippen molar-refractivity contribution in [2.24, 2.45) is 0 Å². The molecule has 2 amide bonds. The fourth-order valence-electron chi connectivity index (χ4n) is 3.66.